The van der Waals surface area contributed by atoms with Gasteiger partial charge in [0.05, 0.1) is 0 Å². The van der Waals surface area contributed by atoms with Crippen LogP contribution in [0.3, 0.4) is 0 Å². The summed E-state index contributed by atoms with van der Waals surface area (Å²) < 4.78 is 0.770. The van der Waals surface area contributed by atoms with Gasteiger partial charge in [-0.3, -0.25) is 19.6 Å². The topological polar surface area (TPSA) is 97.3 Å². The van der Waals surface area contributed by atoms with Gasteiger partial charge in [-0.25, -0.2) is 0 Å². The van der Waals surface area contributed by atoms with Gasteiger partial charge >= 0.3 is 0 Å². The molecule has 2 aromatic rings. The maximum Gasteiger partial charge on any atom is 0.254 e. The summed E-state index contributed by atoms with van der Waals surface area (Å²) in [5.41, 5.74) is 1.29. The van der Waals surface area contributed by atoms with E-state index in [1.165, 1.54) is 0 Å². The fourth-order valence-corrected chi connectivity index (χ4v) is 1.78. The Kier molecular flexibility index (Phi) is 6.26. The third kappa shape index (κ3) is 5.45. The number of H-pyrrole nitrogens is 4. The zero-order valence-electron chi connectivity index (χ0n) is 11.2. The van der Waals surface area contributed by atoms with Crippen molar-refractivity contribution < 1.29 is 0 Å². The average molecular weight is 312 g/mol. The molecule has 2 heterocycles. The molecule has 8 heteroatoms. The Morgan fingerprint density at radius 1 is 1.10 bits per heavy atom. The van der Waals surface area contributed by atoms with Crippen molar-refractivity contribution in [1.82, 2.24) is 19.9 Å². The summed E-state index contributed by atoms with van der Waals surface area (Å²) >= 11 is 9.44. The van der Waals surface area contributed by atoms with Crippen LogP contribution in [-0.4, -0.2) is 19.9 Å². The molecule has 4 N–H and O–H groups in total. The van der Waals surface area contributed by atoms with E-state index in [0.717, 1.165) is 18.5 Å². The van der Waals surface area contributed by atoms with E-state index in [1.54, 1.807) is 19.2 Å². The molecule has 0 fully saturated rings. The van der Waals surface area contributed by atoms with E-state index in [9.17, 15) is 9.59 Å². The Hall–Kier alpha value is -1.80. The van der Waals surface area contributed by atoms with Crippen LogP contribution in [0.4, 0.5) is 0 Å². The minimum Gasteiger partial charge on any atom is -0.338 e. The second-order valence-electron chi connectivity index (χ2n) is 4.12. The molecule has 0 spiro atoms. The van der Waals surface area contributed by atoms with Crippen molar-refractivity contribution in [3.8, 4) is 0 Å². The Morgan fingerprint density at radius 2 is 1.80 bits per heavy atom. The third-order valence-electron chi connectivity index (χ3n) is 2.34. The van der Waals surface area contributed by atoms with Crippen LogP contribution in [0.2, 0.25) is 0 Å². The molecule has 0 aliphatic heterocycles. The molecule has 108 valence electrons. The van der Waals surface area contributed by atoms with Gasteiger partial charge in [-0.2, -0.15) is 0 Å². The van der Waals surface area contributed by atoms with Gasteiger partial charge in [-0.1, -0.05) is 13.3 Å². The molecule has 0 atom stereocenters. The molecule has 2 aromatic heterocycles. The first-order valence-corrected chi connectivity index (χ1v) is 6.85. The quantitative estimate of drug-likeness (QED) is 0.639. The van der Waals surface area contributed by atoms with Crippen molar-refractivity contribution in [1.29, 1.82) is 0 Å². The van der Waals surface area contributed by atoms with E-state index in [4.69, 9.17) is 12.2 Å². The summed E-state index contributed by atoms with van der Waals surface area (Å²) in [7, 11) is 0. The Bertz CT molecular complexity index is 757. The van der Waals surface area contributed by atoms with E-state index in [-0.39, 0.29) is 11.1 Å². The zero-order valence-corrected chi connectivity index (χ0v) is 12.8. The number of rotatable bonds is 2. The predicted molar refractivity (Wildman–Crippen MR) is 83.2 cm³/mol. The minimum atomic E-state index is -0.128. The first kappa shape index (κ1) is 16.3. The Balaban J connectivity index is 0.000000204. The number of aromatic amines is 4. The molecular weight excluding hydrogens is 296 g/mol. The summed E-state index contributed by atoms with van der Waals surface area (Å²) in [5, 5.41) is 0. The molecule has 20 heavy (non-hydrogen) atoms. The second-order valence-corrected chi connectivity index (χ2v) is 4.93. The van der Waals surface area contributed by atoms with Gasteiger partial charge in [-0.15, -0.1) is 0 Å². The van der Waals surface area contributed by atoms with Crippen LogP contribution in [0.1, 0.15) is 24.6 Å². The first-order valence-electron chi connectivity index (χ1n) is 6.03. The molecule has 0 saturated heterocycles. The van der Waals surface area contributed by atoms with Crippen LogP contribution in [0.15, 0.2) is 21.9 Å². The summed E-state index contributed by atoms with van der Waals surface area (Å²) in [4.78, 5) is 32.1. The number of aryl methyl sites for hydroxylation is 2. The molecule has 0 aliphatic rings. The lowest BCUT2D eigenvalue weighted by Crippen LogP contribution is -2.09. The lowest BCUT2D eigenvalue weighted by Gasteiger charge is -1.95. The first-order chi connectivity index (χ1) is 9.42. The summed E-state index contributed by atoms with van der Waals surface area (Å²) in [6, 6.07) is 1.54. The van der Waals surface area contributed by atoms with E-state index in [2.05, 4.69) is 39.1 Å². The molecule has 6 nitrogen and oxygen atoms in total. The van der Waals surface area contributed by atoms with Crippen molar-refractivity contribution in [2.45, 2.75) is 26.7 Å². The maximum atomic E-state index is 10.8. The minimum absolute atomic E-state index is 0.126. The highest BCUT2D eigenvalue weighted by Gasteiger charge is 1.91. The lowest BCUT2D eigenvalue weighted by molar-refractivity contribution is 0.861. The number of hydrogen-bond donors (Lipinski definition) is 4. The predicted octanol–water partition coefficient (Wildman–Crippen LogP) is 2.13. The number of aromatic nitrogens is 4. The zero-order chi connectivity index (χ0) is 15.1. The van der Waals surface area contributed by atoms with Crippen molar-refractivity contribution in [3.05, 3.63) is 53.8 Å². The molecule has 0 radical (unpaired) electrons. The fraction of sp³-hybridized carbons (Fsp3) is 0.333. The average Bonchev–Trinajstić information content (AvgIpc) is 2.34. The van der Waals surface area contributed by atoms with Crippen LogP contribution in [-0.2, 0) is 6.42 Å². The van der Waals surface area contributed by atoms with Gasteiger partial charge in [0.2, 0.25) is 0 Å². The number of hydrogen-bond acceptors (Lipinski definition) is 4. The van der Waals surface area contributed by atoms with Crippen LogP contribution in [0, 0.1) is 16.5 Å². The van der Waals surface area contributed by atoms with Crippen molar-refractivity contribution >= 4 is 24.4 Å². The largest absolute Gasteiger partial charge is 0.338 e. The van der Waals surface area contributed by atoms with Crippen LogP contribution in [0.25, 0.3) is 0 Å². The lowest BCUT2D eigenvalue weighted by atomic mass is 10.2. The highest BCUT2D eigenvalue weighted by molar-refractivity contribution is 7.71. The molecule has 0 unspecified atom stereocenters. The highest BCUT2D eigenvalue weighted by Crippen LogP contribution is 1.93. The summed E-state index contributed by atoms with van der Waals surface area (Å²) in [6.07, 6.45) is 3.46. The Morgan fingerprint density at radius 3 is 2.30 bits per heavy atom. The number of nitrogens with one attached hydrogen (secondary N) is 4. The third-order valence-corrected chi connectivity index (χ3v) is 2.76. The molecule has 0 bridgehead atoms. The molecule has 0 amide bonds. The second kappa shape index (κ2) is 7.71. The SMILES string of the molecule is CCCc1cc(=O)[nH]c(=S)[nH]1.Cc1c[nH]c(=S)[nH]c1=O. The van der Waals surface area contributed by atoms with E-state index >= 15 is 0 Å². The Labute approximate surface area is 125 Å². The standard InChI is InChI=1S/C7H10N2OS.C5H6N2OS/c1-2-3-5-4-6(10)9-7(11)8-5;1-3-2-6-5(9)7-4(3)8/h4H,2-3H2,1H3,(H2,8,9,10,11);2H,1H3,(H2,6,7,8,9). The van der Waals surface area contributed by atoms with Gasteiger partial charge in [0.25, 0.3) is 11.1 Å². The normalized spacial score (nSPS) is 9.70. The van der Waals surface area contributed by atoms with Crippen molar-refractivity contribution in [2.75, 3.05) is 0 Å². The van der Waals surface area contributed by atoms with Crippen molar-refractivity contribution in [2.24, 2.45) is 0 Å². The van der Waals surface area contributed by atoms with Crippen LogP contribution in [0.5, 0.6) is 0 Å². The monoisotopic (exact) mass is 312 g/mol. The molecule has 0 aliphatic carbocycles. The van der Waals surface area contributed by atoms with E-state index in [1.807, 2.05) is 0 Å². The van der Waals surface area contributed by atoms with Gasteiger partial charge in [0.15, 0.2) is 9.54 Å². The van der Waals surface area contributed by atoms with E-state index in [0.29, 0.717) is 15.1 Å². The summed E-state index contributed by atoms with van der Waals surface area (Å²) in [5.74, 6) is 0. The summed E-state index contributed by atoms with van der Waals surface area (Å²) in [6.45, 7) is 3.77. The van der Waals surface area contributed by atoms with Gasteiger partial charge in [0, 0.05) is 23.5 Å². The van der Waals surface area contributed by atoms with Crippen molar-refractivity contribution in [3.63, 3.8) is 0 Å². The highest BCUT2D eigenvalue weighted by atomic mass is 32.1. The fourth-order valence-electron chi connectivity index (χ4n) is 1.40. The van der Waals surface area contributed by atoms with Crippen LogP contribution < -0.4 is 11.1 Å². The van der Waals surface area contributed by atoms with Gasteiger partial charge in [-0.05, 0) is 37.8 Å². The van der Waals surface area contributed by atoms with Gasteiger partial charge in [0.1, 0.15) is 0 Å². The molecule has 0 saturated carbocycles. The van der Waals surface area contributed by atoms with Crippen LogP contribution >= 0.6 is 24.4 Å². The molecule has 2 rings (SSSR count). The smallest absolute Gasteiger partial charge is 0.254 e. The van der Waals surface area contributed by atoms with Gasteiger partial charge < -0.3 is 9.97 Å². The maximum absolute atomic E-state index is 10.8. The molecule has 0 aromatic carbocycles. The molecular formula is C12H16N4O2S2. The van der Waals surface area contributed by atoms with E-state index < -0.39 is 0 Å².